The summed E-state index contributed by atoms with van der Waals surface area (Å²) >= 11 is 1.57. The maximum absolute atomic E-state index is 12.3. The summed E-state index contributed by atoms with van der Waals surface area (Å²) in [4.78, 5) is 16.6. The van der Waals surface area contributed by atoms with Crippen molar-refractivity contribution in [2.75, 3.05) is 0 Å². The first-order valence-corrected chi connectivity index (χ1v) is 9.09. The zero-order valence-electron chi connectivity index (χ0n) is 14.6. The number of carbonyl (C=O) groups excluding carboxylic acids is 1. The molecule has 2 heterocycles. The molecular weight excluding hydrogens is 354 g/mol. The van der Waals surface area contributed by atoms with Gasteiger partial charge in [-0.15, -0.1) is 16.4 Å². The molecule has 1 aromatic carbocycles. The first-order chi connectivity index (χ1) is 12.7. The average molecular weight is 373 g/mol. The molecule has 8 nitrogen and oxygen atoms in total. The van der Waals surface area contributed by atoms with Crippen LogP contribution in [0, 0.1) is 6.92 Å². The van der Waals surface area contributed by atoms with Crippen molar-refractivity contribution in [2.24, 2.45) is 0 Å². The molecule has 0 spiro atoms. The third kappa shape index (κ3) is 4.63. The van der Waals surface area contributed by atoms with Gasteiger partial charge < -0.3 is 9.47 Å². The van der Waals surface area contributed by atoms with E-state index in [1.807, 2.05) is 19.2 Å². The second-order valence-electron chi connectivity index (χ2n) is 5.57. The fourth-order valence-corrected chi connectivity index (χ4v) is 2.87. The van der Waals surface area contributed by atoms with Gasteiger partial charge in [0.05, 0.1) is 16.3 Å². The van der Waals surface area contributed by atoms with Gasteiger partial charge in [-0.25, -0.2) is 14.5 Å². The van der Waals surface area contributed by atoms with E-state index >= 15 is 0 Å². The van der Waals surface area contributed by atoms with Crippen molar-refractivity contribution in [1.29, 1.82) is 0 Å². The molecule has 0 aliphatic heterocycles. The van der Waals surface area contributed by atoms with Crippen LogP contribution in [0.3, 0.4) is 0 Å². The Morgan fingerprint density at radius 3 is 2.96 bits per heavy atom. The molecule has 0 bridgehead atoms. The number of rotatable bonds is 8. The summed E-state index contributed by atoms with van der Waals surface area (Å²) in [5.41, 5.74) is 1.27. The van der Waals surface area contributed by atoms with Gasteiger partial charge in [0.2, 0.25) is 0 Å². The summed E-state index contributed by atoms with van der Waals surface area (Å²) in [6, 6.07) is 6.87. The molecule has 0 saturated heterocycles. The minimum absolute atomic E-state index is 0.0228. The van der Waals surface area contributed by atoms with Crippen LogP contribution in [-0.2, 0) is 24.5 Å². The molecule has 0 amide bonds. The minimum atomic E-state index is -0.453. The largest absolute Gasteiger partial charge is 0.487 e. The molecule has 9 heteroatoms. The first-order valence-electron chi connectivity index (χ1n) is 8.21. The molecule has 3 rings (SSSR count). The van der Waals surface area contributed by atoms with Crippen LogP contribution in [0.1, 0.15) is 40.2 Å². The number of nitrogens with zero attached hydrogens (tertiary/aromatic N) is 5. The van der Waals surface area contributed by atoms with Crippen molar-refractivity contribution in [3.63, 3.8) is 0 Å². The summed E-state index contributed by atoms with van der Waals surface area (Å²) in [6.07, 6.45) is 0.893. The molecule has 26 heavy (non-hydrogen) atoms. The SMILES string of the molecule is CCCn1nnnc1COC(=O)c1cccc(OCc2csc(C)n2)c1. The highest BCUT2D eigenvalue weighted by atomic mass is 32.1. The van der Waals surface area contributed by atoms with E-state index < -0.39 is 5.97 Å². The summed E-state index contributed by atoms with van der Waals surface area (Å²) < 4.78 is 12.6. The number of ether oxygens (including phenoxy) is 2. The quantitative estimate of drug-likeness (QED) is 0.561. The molecule has 0 radical (unpaired) electrons. The van der Waals surface area contributed by atoms with Crippen molar-refractivity contribution in [3.05, 3.63) is 51.7 Å². The van der Waals surface area contributed by atoms with E-state index in [9.17, 15) is 4.79 Å². The van der Waals surface area contributed by atoms with E-state index in [4.69, 9.17) is 9.47 Å². The zero-order chi connectivity index (χ0) is 18.4. The fourth-order valence-electron chi connectivity index (χ4n) is 2.27. The second-order valence-corrected chi connectivity index (χ2v) is 6.63. The van der Waals surface area contributed by atoms with Gasteiger partial charge in [0.1, 0.15) is 12.4 Å². The molecular formula is C17H19N5O3S. The van der Waals surface area contributed by atoms with Crippen molar-refractivity contribution >= 4 is 17.3 Å². The lowest BCUT2D eigenvalue weighted by Gasteiger charge is -2.08. The van der Waals surface area contributed by atoms with E-state index in [1.54, 1.807) is 40.3 Å². The van der Waals surface area contributed by atoms with Crippen LogP contribution in [0.4, 0.5) is 0 Å². The minimum Gasteiger partial charge on any atom is -0.487 e. The molecule has 0 aliphatic rings. The Bertz CT molecular complexity index is 877. The number of aryl methyl sites for hydroxylation is 2. The van der Waals surface area contributed by atoms with Gasteiger partial charge >= 0.3 is 5.97 Å². The maximum Gasteiger partial charge on any atom is 0.338 e. The summed E-state index contributed by atoms with van der Waals surface area (Å²) in [5, 5.41) is 14.3. The summed E-state index contributed by atoms with van der Waals surface area (Å²) in [5.74, 6) is 0.651. The lowest BCUT2D eigenvalue weighted by Crippen LogP contribution is -2.11. The van der Waals surface area contributed by atoms with Gasteiger partial charge in [0.25, 0.3) is 0 Å². The number of hydrogen-bond donors (Lipinski definition) is 0. The number of tetrazole rings is 1. The normalized spacial score (nSPS) is 10.7. The first kappa shape index (κ1) is 18.0. The lowest BCUT2D eigenvalue weighted by atomic mass is 10.2. The van der Waals surface area contributed by atoms with Gasteiger partial charge in [0, 0.05) is 11.9 Å². The summed E-state index contributed by atoms with van der Waals surface area (Å²) in [7, 11) is 0. The predicted molar refractivity (Wildman–Crippen MR) is 94.9 cm³/mol. The van der Waals surface area contributed by atoms with E-state index in [1.165, 1.54) is 0 Å². The Morgan fingerprint density at radius 1 is 1.31 bits per heavy atom. The van der Waals surface area contributed by atoms with Crippen molar-refractivity contribution in [2.45, 2.75) is 40.0 Å². The van der Waals surface area contributed by atoms with E-state index in [0.717, 1.165) is 17.1 Å². The Balaban J connectivity index is 1.58. The fraction of sp³-hybridized carbons (Fsp3) is 0.353. The van der Waals surface area contributed by atoms with Crippen LogP contribution in [-0.4, -0.2) is 31.2 Å². The molecule has 0 atom stereocenters. The molecule has 0 fully saturated rings. The number of esters is 1. The molecule has 0 unspecified atom stereocenters. The van der Waals surface area contributed by atoms with Crippen LogP contribution < -0.4 is 4.74 Å². The van der Waals surface area contributed by atoms with Crippen LogP contribution in [0.5, 0.6) is 5.75 Å². The number of benzene rings is 1. The van der Waals surface area contributed by atoms with Crippen LogP contribution in [0.25, 0.3) is 0 Å². The van der Waals surface area contributed by atoms with Gasteiger partial charge in [-0.1, -0.05) is 13.0 Å². The smallest absolute Gasteiger partial charge is 0.338 e. The Kier molecular flexibility index (Phi) is 5.90. The number of thiazole rings is 1. The highest BCUT2D eigenvalue weighted by molar-refractivity contribution is 7.09. The van der Waals surface area contributed by atoms with Gasteiger partial charge in [-0.2, -0.15) is 0 Å². The molecule has 0 saturated carbocycles. The summed E-state index contributed by atoms with van der Waals surface area (Å²) in [6.45, 7) is 5.03. The Hall–Kier alpha value is -2.81. The zero-order valence-corrected chi connectivity index (χ0v) is 15.4. The molecule has 3 aromatic rings. The van der Waals surface area contributed by atoms with Crippen molar-refractivity contribution < 1.29 is 14.3 Å². The molecule has 0 N–H and O–H groups in total. The van der Waals surface area contributed by atoms with Crippen molar-refractivity contribution in [1.82, 2.24) is 25.2 Å². The third-order valence-corrected chi connectivity index (χ3v) is 4.32. The highest BCUT2D eigenvalue weighted by Gasteiger charge is 2.12. The molecule has 2 aromatic heterocycles. The van der Waals surface area contributed by atoms with Crippen molar-refractivity contribution in [3.8, 4) is 5.75 Å². The standard InChI is InChI=1S/C17H19N5O3S/c1-3-7-22-16(19-20-21-22)10-25-17(23)13-5-4-6-15(8-13)24-9-14-11-26-12(2)18-14/h4-6,8,11H,3,7,9-10H2,1-2H3. The van der Waals surface area contributed by atoms with Crippen LogP contribution >= 0.6 is 11.3 Å². The Labute approximate surface area is 154 Å². The van der Waals surface area contributed by atoms with Gasteiger partial charge in [-0.05, 0) is 42.0 Å². The Morgan fingerprint density at radius 2 is 2.19 bits per heavy atom. The van der Waals surface area contributed by atoms with E-state index in [2.05, 4.69) is 20.5 Å². The van der Waals surface area contributed by atoms with Gasteiger partial charge in [-0.3, -0.25) is 0 Å². The van der Waals surface area contributed by atoms with E-state index in [0.29, 0.717) is 30.3 Å². The maximum atomic E-state index is 12.3. The number of hydrogen-bond acceptors (Lipinski definition) is 8. The highest BCUT2D eigenvalue weighted by Crippen LogP contribution is 2.17. The average Bonchev–Trinajstić information content (AvgIpc) is 3.27. The topological polar surface area (TPSA) is 92.0 Å². The monoisotopic (exact) mass is 373 g/mol. The number of carbonyl (C=O) groups is 1. The molecule has 136 valence electrons. The van der Waals surface area contributed by atoms with Gasteiger partial charge in [0.15, 0.2) is 12.4 Å². The lowest BCUT2D eigenvalue weighted by molar-refractivity contribution is 0.0456. The van der Waals surface area contributed by atoms with E-state index in [-0.39, 0.29) is 6.61 Å². The second kappa shape index (κ2) is 8.52. The van der Waals surface area contributed by atoms with Crippen LogP contribution in [0.2, 0.25) is 0 Å². The van der Waals surface area contributed by atoms with Crippen LogP contribution in [0.15, 0.2) is 29.6 Å². The number of aromatic nitrogens is 5. The molecule has 0 aliphatic carbocycles. The third-order valence-electron chi connectivity index (χ3n) is 3.50. The predicted octanol–water partition coefficient (Wildman–Crippen LogP) is 2.78.